The van der Waals surface area contributed by atoms with Crippen molar-refractivity contribution in [3.63, 3.8) is 0 Å². The number of hydrogen-bond donors (Lipinski definition) is 0. The van der Waals surface area contributed by atoms with Gasteiger partial charge < -0.3 is 24.5 Å². The van der Waals surface area contributed by atoms with Crippen molar-refractivity contribution in [2.45, 2.75) is 32.0 Å². The van der Waals surface area contributed by atoms with Crippen molar-refractivity contribution in [2.75, 3.05) is 37.7 Å². The van der Waals surface area contributed by atoms with E-state index in [0.29, 0.717) is 19.6 Å². The Labute approximate surface area is 244 Å². The highest BCUT2D eigenvalue weighted by atomic mass is 35.5. The minimum Gasteiger partial charge on any atom is -0.490 e. The standard InChI is InChI=1S/C31H32ClN5O4/c32-26-7-5-24(6-8-26)19-23-1-3-25(4-2-23)20-34-15-17-35(18-16-34)27-9-11-28(12-10-27)40-22-29-13-14-36-21-30(37(38)39)33-31(36)41-29/h1-12,21,29H,13-20,22H2. The molecule has 10 heteroatoms. The Balaban J connectivity index is 0.940. The molecule has 0 bridgehead atoms. The maximum Gasteiger partial charge on any atom is 0.414 e. The van der Waals surface area contributed by atoms with Gasteiger partial charge in [0.1, 0.15) is 24.7 Å². The zero-order valence-corrected chi connectivity index (χ0v) is 23.4. The summed E-state index contributed by atoms with van der Waals surface area (Å²) >= 11 is 6.00. The third kappa shape index (κ3) is 6.81. The molecule has 0 radical (unpaired) electrons. The van der Waals surface area contributed by atoms with Gasteiger partial charge in [-0.15, -0.1) is 0 Å². The lowest BCUT2D eigenvalue weighted by Crippen LogP contribution is -2.45. The van der Waals surface area contributed by atoms with Crippen molar-refractivity contribution in [2.24, 2.45) is 0 Å². The molecule has 0 aliphatic carbocycles. The average molecular weight is 574 g/mol. The quantitative estimate of drug-likeness (QED) is 0.191. The van der Waals surface area contributed by atoms with Gasteiger partial charge >= 0.3 is 11.8 Å². The topological polar surface area (TPSA) is 85.9 Å². The summed E-state index contributed by atoms with van der Waals surface area (Å²) in [7, 11) is 0. The molecule has 3 heterocycles. The molecule has 4 aromatic rings. The molecule has 9 nitrogen and oxygen atoms in total. The smallest absolute Gasteiger partial charge is 0.414 e. The van der Waals surface area contributed by atoms with Crippen LogP contribution < -0.4 is 14.4 Å². The number of fused-ring (bicyclic) bond motifs is 1. The second-order valence-electron chi connectivity index (χ2n) is 10.5. The van der Waals surface area contributed by atoms with Crippen LogP contribution in [0.3, 0.4) is 0 Å². The predicted molar refractivity (Wildman–Crippen MR) is 158 cm³/mol. The number of imidazole rings is 1. The number of rotatable bonds is 9. The van der Waals surface area contributed by atoms with Crippen LogP contribution in [0.25, 0.3) is 0 Å². The highest BCUT2D eigenvalue weighted by molar-refractivity contribution is 6.30. The summed E-state index contributed by atoms with van der Waals surface area (Å²) in [6, 6.07) is 25.4. The number of piperazine rings is 1. The Morgan fingerprint density at radius 2 is 1.56 bits per heavy atom. The second-order valence-corrected chi connectivity index (χ2v) is 11.0. The van der Waals surface area contributed by atoms with Crippen LogP contribution in [0.5, 0.6) is 11.8 Å². The van der Waals surface area contributed by atoms with E-state index in [9.17, 15) is 10.1 Å². The first-order valence-corrected chi connectivity index (χ1v) is 14.3. The van der Waals surface area contributed by atoms with E-state index < -0.39 is 4.92 Å². The highest BCUT2D eigenvalue weighted by Gasteiger charge is 2.28. The van der Waals surface area contributed by atoms with Gasteiger partial charge in [0.2, 0.25) is 0 Å². The van der Waals surface area contributed by atoms with Crippen molar-refractivity contribution in [3.8, 4) is 11.8 Å². The van der Waals surface area contributed by atoms with Crippen LogP contribution in [0, 0.1) is 10.1 Å². The van der Waals surface area contributed by atoms with Crippen molar-refractivity contribution in [3.05, 3.63) is 111 Å². The summed E-state index contributed by atoms with van der Waals surface area (Å²) < 4.78 is 13.4. The fourth-order valence-corrected chi connectivity index (χ4v) is 5.43. The molecule has 6 rings (SSSR count). The fraction of sp³-hybridized carbons (Fsp3) is 0.323. The van der Waals surface area contributed by atoms with Gasteiger partial charge in [0.05, 0.1) is 0 Å². The molecule has 1 atom stereocenters. The van der Waals surface area contributed by atoms with E-state index in [1.807, 2.05) is 24.3 Å². The molecule has 212 valence electrons. The van der Waals surface area contributed by atoms with Crippen LogP contribution in [0.2, 0.25) is 5.02 Å². The highest BCUT2D eigenvalue weighted by Crippen LogP contribution is 2.26. The summed E-state index contributed by atoms with van der Waals surface area (Å²) in [5.74, 6) is 0.577. The first kappa shape index (κ1) is 27.1. The third-order valence-corrected chi connectivity index (χ3v) is 7.89. The molecule has 1 fully saturated rings. The molecule has 0 amide bonds. The minimum absolute atomic E-state index is 0.196. The molecule has 1 unspecified atom stereocenters. The summed E-state index contributed by atoms with van der Waals surface area (Å²) in [4.78, 5) is 19.3. The van der Waals surface area contributed by atoms with Crippen molar-refractivity contribution >= 4 is 23.1 Å². The third-order valence-electron chi connectivity index (χ3n) is 7.64. The lowest BCUT2D eigenvalue weighted by molar-refractivity contribution is -0.389. The number of hydrogen-bond acceptors (Lipinski definition) is 7. The largest absolute Gasteiger partial charge is 0.490 e. The predicted octanol–water partition coefficient (Wildman–Crippen LogP) is 5.59. The molecular weight excluding hydrogens is 542 g/mol. The van der Waals surface area contributed by atoms with Gasteiger partial charge in [-0.2, -0.15) is 0 Å². The van der Waals surface area contributed by atoms with Crippen LogP contribution >= 0.6 is 11.6 Å². The number of aromatic nitrogens is 2. The van der Waals surface area contributed by atoms with Gasteiger partial charge in [-0.25, -0.2) is 0 Å². The van der Waals surface area contributed by atoms with Gasteiger partial charge in [0.15, 0.2) is 0 Å². The van der Waals surface area contributed by atoms with E-state index in [0.717, 1.165) is 49.9 Å². The fourth-order valence-electron chi connectivity index (χ4n) is 5.30. The van der Waals surface area contributed by atoms with Crippen LogP contribution in [0.1, 0.15) is 23.1 Å². The summed E-state index contributed by atoms with van der Waals surface area (Å²) in [6.45, 7) is 5.91. The maximum absolute atomic E-state index is 10.9. The minimum atomic E-state index is -0.509. The summed E-state index contributed by atoms with van der Waals surface area (Å²) in [5, 5.41) is 11.7. The number of anilines is 1. The summed E-state index contributed by atoms with van der Waals surface area (Å²) in [6.07, 6.45) is 2.83. The van der Waals surface area contributed by atoms with Crippen LogP contribution in [0.4, 0.5) is 11.5 Å². The molecule has 3 aromatic carbocycles. The molecular formula is C31H32ClN5O4. The lowest BCUT2D eigenvalue weighted by atomic mass is 10.0. The molecule has 2 aliphatic heterocycles. The Hall–Kier alpha value is -4.08. The van der Waals surface area contributed by atoms with E-state index in [-0.39, 0.29) is 17.9 Å². The van der Waals surface area contributed by atoms with E-state index in [1.54, 1.807) is 4.57 Å². The number of nitrogens with zero attached hydrogens (tertiary/aromatic N) is 5. The van der Waals surface area contributed by atoms with E-state index in [2.05, 4.69) is 63.3 Å². The number of benzene rings is 3. The monoisotopic (exact) mass is 573 g/mol. The van der Waals surface area contributed by atoms with Gasteiger partial charge in [-0.05, 0) is 64.4 Å². The first-order valence-electron chi connectivity index (χ1n) is 13.9. The Morgan fingerprint density at radius 1 is 0.902 bits per heavy atom. The normalized spacial score (nSPS) is 17.1. The van der Waals surface area contributed by atoms with Crippen molar-refractivity contribution in [1.29, 1.82) is 0 Å². The van der Waals surface area contributed by atoms with E-state index >= 15 is 0 Å². The molecule has 1 saturated heterocycles. The zero-order chi connectivity index (χ0) is 28.2. The van der Waals surface area contributed by atoms with Gasteiger partial charge in [0.25, 0.3) is 0 Å². The number of halogens is 1. The first-order chi connectivity index (χ1) is 20.0. The SMILES string of the molecule is O=[N+]([O-])c1cn2c(n1)OC(COc1ccc(N3CCN(Cc4ccc(Cc5ccc(Cl)cc5)cc4)CC3)cc1)CC2. The molecule has 41 heavy (non-hydrogen) atoms. The van der Waals surface area contributed by atoms with Gasteiger partial charge in [-0.3, -0.25) is 9.47 Å². The van der Waals surface area contributed by atoms with Crippen molar-refractivity contribution in [1.82, 2.24) is 14.5 Å². The van der Waals surface area contributed by atoms with Gasteiger partial charge in [0, 0.05) is 61.4 Å². The van der Waals surface area contributed by atoms with Crippen LogP contribution in [0.15, 0.2) is 79.0 Å². The molecule has 0 N–H and O–H groups in total. The van der Waals surface area contributed by atoms with Gasteiger partial charge in [-0.1, -0.05) is 48.0 Å². The van der Waals surface area contributed by atoms with Crippen molar-refractivity contribution < 1.29 is 14.4 Å². The molecule has 2 aliphatic rings. The Kier molecular flexibility index (Phi) is 8.07. The summed E-state index contributed by atoms with van der Waals surface area (Å²) in [5.41, 5.74) is 5.09. The second kappa shape index (κ2) is 12.2. The average Bonchev–Trinajstić information content (AvgIpc) is 3.43. The van der Waals surface area contributed by atoms with E-state index in [4.69, 9.17) is 21.1 Å². The number of aryl methyl sites for hydroxylation is 1. The number of ether oxygens (including phenoxy) is 2. The molecule has 0 saturated carbocycles. The Morgan fingerprint density at radius 3 is 2.24 bits per heavy atom. The van der Waals surface area contributed by atoms with Crippen LogP contribution in [-0.4, -0.2) is 58.3 Å². The zero-order valence-electron chi connectivity index (χ0n) is 22.7. The number of nitro groups is 1. The lowest BCUT2D eigenvalue weighted by Gasteiger charge is -2.36. The molecule has 1 aromatic heterocycles. The van der Waals surface area contributed by atoms with E-state index in [1.165, 1.54) is 28.6 Å². The Bertz CT molecular complexity index is 1470. The maximum atomic E-state index is 10.9. The van der Waals surface area contributed by atoms with Crippen LogP contribution in [-0.2, 0) is 19.5 Å². The molecule has 0 spiro atoms.